The molecule has 0 aliphatic heterocycles. The molecule has 0 saturated heterocycles. The van der Waals surface area contributed by atoms with Gasteiger partial charge in [-0.15, -0.1) is 11.3 Å². The van der Waals surface area contributed by atoms with E-state index in [-0.39, 0.29) is 0 Å². The number of fused-ring (bicyclic) bond motifs is 3. The summed E-state index contributed by atoms with van der Waals surface area (Å²) in [6.07, 6.45) is 0. The summed E-state index contributed by atoms with van der Waals surface area (Å²) >= 11 is 4.15. The van der Waals surface area contributed by atoms with E-state index in [9.17, 15) is 0 Å². The average Bonchev–Trinajstić information content (AvgIpc) is 3.36. The maximum atomic E-state index is 5.17. The molecule has 2 nitrogen and oxygen atoms in total. The Labute approximate surface area is 238 Å². The Balaban J connectivity index is 1.44. The Kier molecular flexibility index (Phi) is 5.99. The summed E-state index contributed by atoms with van der Waals surface area (Å²) in [6.45, 7) is 0. The number of rotatable bonds is 4. The fourth-order valence-corrected chi connectivity index (χ4v) is 6.68. The molecule has 0 amide bonds. The smallest absolute Gasteiger partial charge is 0.160 e. The summed E-state index contributed by atoms with van der Waals surface area (Å²) in [6, 6.07) is 44.9. The Morgan fingerprint density at radius 2 is 1.11 bits per heavy atom. The van der Waals surface area contributed by atoms with E-state index in [0.29, 0.717) is 0 Å². The van der Waals surface area contributed by atoms with Crippen LogP contribution >= 0.6 is 33.9 Å². The minimum Gasteiger partial charge on any atom is -0.228 e. The van der Waals surface area contributed by atoms with Crippen LogP contribution in [0, 0.1) is 3.70 Å². The van der Waals surface area contributed by atoms with E-state index in [4.69, 9.17) is 9.97 Å². The molecule has 38 heavy (non-hydrogen) atoms. The minimum atomic E-state index is 0.735. The van der Waals surface area contributed by atoms with Crippen LogP contribution in [0.4, 0.5) is 0 Å². The summed E-state index contributed by atoms with van der Waals surface area (Å²) in [5, 5.41) is 2.53. The third kappa shape index (κ3) is 4.30. The van der Waals surface area contributed by atoms with E-state index < -0.39 is 0 Å². The van der Waals surface area contributed by atoms with E-state index in [1.165, 1.54) is 31.3 Å². The van der Waals surface area contributed by atoms with Crippen LogP contribution in [0.25, 0.3) is 65.1 Å². The number of benzene rings is 5. The zero-order chi connectivity index (χ0) is 25.5. The van der Waals surface area contributed by atoms with Crippen molar-refractivity contribution < 1.29 is 0 Å². The maximum Gasteiger partial charge on any atom is 0.160 e. The predicted octanol–water partition coefficient (Wildman–Crippen LogP) is 10.1. The molecule has 0 unspecified atom stereocenters. The number of nitrogens with zero attached hydrogens (tertiary/aromatic N) is 2. The Morgan fingerprint density at radius 3 is 1.82 bits per heavy atom. The topological polar surface area (TPSA) is 25.8 Å². The van der Waals surface area contributed by atoms with E-state index in [1.54, 1.807) is 0 Å². The molecule has 0 fully saturated rings. The average molecular weight is 617 g/mol. The third-order valence-corrected chi connectivity index (χ3v) is 8.47. The normalized spacial score (nSPS) is 11.3. The molecule has 7 aromatic rings. The molecule has 0 saturated carbocycles. The monoisotopic (exact) mass is 616 g/mol. The molecule has 5 aromatic carbocycles. The standard InChI is InChI=1S/C34H21IN2S/c35-32-21-29(27-15-9-17-31-33(27)28-14-7-8-16-30(28)38-31)36-34(37-32)26-19-24(22-10-3-1-4-11-22)18-25(20-26)23-12-5-2-6-13-23/h1-21H. The van der Waals surface area contributed by atoms with Crippen molar-refractivity contribution in [2.75, 3.05) is 0 Å². The lowest BCUT2D eigenvalue weighted by Crippen LogP contribution is -1.96. The van der Waals surface area contributed by atoms with Gasteiger partial charge in [0.15, 0.2) is 5.82 Å². The molecule has 0 spiro atoms. The van der Waals surface area contributed by atoms with Gasteiger partial charge in [0.05, 0.1) is 5.69 Å². The Morgan fingerprint density at radius 1 is 0.500 bits per heavy atom. The number of hydrogen-bond donors (Lipinski definition) is 0. The fraction of sp³-hybridized carbons (Fsp3) is 0. The van der Waals surface area contributed by atoms with Crippen LogP contribution in [0.15, 0.2) is 127 Å². The lowest BCUT2D eigenvalue weighted by Gasteiger charge is -2.12. The van der Waals surface area contributed by atoms with E-state index in [1.807, 2.05) is 11.3 Å². The van der Waals surface area contributed by atoms with Gasteiger partial charge >= 0.3 is 0 Å². The van der Waals surface area contributed by atoms with Crippen molar-refractivity contribution in [1.29, 1.82) is 0 Å². The summed E-state index contributed by atoms with van der Waals surface area (Å²) in [4.78, 5) is 10.1. The summed E-state index contributed by atoms with van der Waals surface area (Å²) in [5.41, 5.74) is 7.74. The van der Waals surface area contributed by atoms with Crippen molar-refractivity contribution in [2.45, 2.75) is 0 Å². The highest BCUT2D eigenvalue weighted by molar-refractivity contribution is 14.1. The third-order valence-electron chi connectivity index (χ3n) is 6.78. The van der Waals surface area contributed by atoms with Crippen molar-refractivity contribution in [1.82, 2.24) is 9.97 Å². The highest BCUT2D eigenvalue weighted by Crippen LogP contribution is 2.40. The summed E-state index contributed by atoms with van der Waals surface area (Å²) in [7, 11) is 0. The lowest BCUT2D eigenvalue weighted by molar-refractivity contribution is 1.15. The first-order chi connectivity index (χ1) is 18.7. The number of halogens is 1. The van der Waals surface area contributed by atoms with Crippen LogP contribution in [0.2, 0.25) is 0 Å². The minimum absolute atomic E-state index is 0.735. The molecular formula is C34H21IN2S. The van der Waals surface area contributed by atoms with Crippen molar-refractivity contribution in [2.24, 2.45) is 0 Å². The number of aromatic nitrogens is 2. The van der Waals surface area contributed by atoms with E-state index in [2.05, 4.69) is 150 Å². The number of thiophene rings is 1. The molecule has 0 bridgehead atoms. The molecule has 0 aliphatic carbocycles. The van der Waals surface area contributed by atoms with Crippen LogP contribution in [0.5, 0.6) is 0 Å². The second-order valence-corrected chi connectivity index (χ2v) is 11.4. The molecular weight excluding hydrogens is 595 g/mol. The zero-order valence-corrected chi connectivity index (χ0v) is 23.3. The van der Waals surface area contributed by atoms with Gasteiger partial charge in [0.25, 0.3) is 0 Å². The van der Waals surface area contributed by atoms with Gasteiger partial charge in [-0.2, -0.15) is 0 Å². The second-order valence-electron chi connectivity index (χ2n) is 9.21. The van der Waals surface area contributed by atoms with Crippen molar-refractivity contribution in [3.63, 3.8) is 0 Å². The van der Waals surface area contributed by atoms with Gasteiger partial charge < -0.3 is 0 Å². The molecule has 0 radical (unpaired) electrons. The second kappa shape index (κ2) is 9.78. The van der Waals surface area contributed by atoms with Gasteiger partial charge in [0.2, 0.25) is 0 Å². The van der Waals surface area contributed by atoms with Crippen LogP contribution in [0.1, 0.15) is 0 Å². The summed E-state index contributed by atoms with van der Waals surface area (Å²) in [5.74, 6) is 0.735. The van der Waals surface area contributed by atoms with E-state index in [0.717, 1.165) is 37.5 Å². The van der Waals surface area contributed by atoms with Crippen LogP contribution in [0.3, 0.4) is 0 Å². The first-order valence-electron chi connectivity index (χ1n) is 12.4. The number of hydrogen-bond acceptors (Lipinski definition) is 3. The van der Waals surface area contributed by atoms with Crippen LogP contribution < -0.4 is 0 Å². The first-order valence-corrected chi connectivity index (χ1v) is 14.3. The van der Waals surface area contributed by atoms with Gasteiger partial charge in [-0.1, -0.05) is 91.0 Å². The van der Waals surface area contributed by atoms with Gasteiger partial charge in [-0.05, 0) is 81.2 Å². The molecule has 2 aromatic heterocycles. The Hall–Kier alpha value is -3.87. The van der Waals surface area contributed by atoms with Gasteiger partial charge in [0, 0.05) is 31.3 Å². The molecule has 0 aliphatic rings. The zero-order valence-electron chi connectivity index (χ0n) is 20.3. The van der Waals surface area contributed by atoms with Gasteiger partial charge in [-0.3, -0.25) is 0 Å². The van der Waals surface area contributed by atoms with Crippen LogP contribution in [-0.4, -0.2) is 9.97 Å². The molecule has 4 heteroatoms. The summed E-state index contributed by atoms with van der Waals surface area (Å²) < 4.78 is 3.49. The maximum absolute atomic E-state index is 5.17. The molecule has 2 heterocycles. The van der Waals surface area contributed by atoms with Gasteiger partial charge in [0.1, 0.15) is 3.70 Å². The van der Waals surface area contributed by atoms with Crippen molar-refractivity contribution in [3.8, 4) is 44.9 Å². The predicted molar refractivity (Wildman–Crippen MR) is 169 cm³/mol. The van der Waals surface area contributed by atoms with Gasteiger partial charge in [-0.25, -0.2) is 9.97 Å². The van der Waals surface area contributed by atoms with Crippen molar-refractivity contribution >= 4 is 54.1 Å². The van der Waals surface area contributed by atoms with Crippen molar-refractivity contribution in [3.05, 3.63) is 131 Å². The highest BCUT2D eigenvalue weighted by atomic mass is 127. The highest BCUT2D eigenvalue weighted by Gasteiger charge is 2.15. The largest absolute Gasteiger partial charge is 0.228 e. The van der Waals surface area contributed by atoms with Crippen LogP contribution in [-0.2, 0) is 0 Å². The molecule has 0 atom stereocenters. The fourth-order valence-electron chi connectivity index (χ4n) is 5.02. The molecule has 0 N–H and O–H groups in total. The first kappa shape index (κ1) is 23.3. The quantitative estimate of drug-likeness (QED) is 0.145. The SMILES string of the molecule is Ic1cc(-c2cccc3sc4ccccc4c23)nc(-c2cc(-c3ccccc3)cc(-c3ccccc3)c2)n1. The molecule has 7 rings (SSSR count). The molecule has 180 valence electrons. The Bertz CT molecular complexity index is 1870. The lowest BCUT2D eigenvalue weighted by atomic mass is 9.95. The van der Waals surface area contributed by atoms with E-state index >= 15 is 0 Å².